The number of hydrogen-bond acceptors (Lipinski definition) is 3. The largest absolute Gasteiger partial charge is 0.497 e. The van der Waals surface area contributed by atoms with Gasteiger partial charge >= 0.3 is 5.97 Å². The molecule has 4 rings (SSSR count). The Balaban J connectivity index is 1.78. The third kappa shape index (κ3) is 2.44. The van der Waals surface area contributed by atoms with Crippen LogP contribution in [0.3, 0.4) is 0 Å². The summed E-state index contributed by atoms with van der Waals surface area (Å²) in [6, 6.07) is 6.48. The van der Waals surface area contributed by atoms with Crippen LogP contribution in [-0.2, 0) is 16.0 Å². The van der Waals surface area contributed by atoms with Crippen molar-refractivity contribution >= 4 is 11.5 Å². The Morgan fingerprint density at radius 2 is 2.12 bits per heavy atom. The topological polar surface area (TPSA) is 35.5 Å². The van der Waals surface area contributed by atoms with Gasteiger partial charge in [0.25, 0.3) is 0 Å². The Morgan fingerprint density at radius 1 is 1.32 bits per heavy atom. The summed E-state index contributed by atoms with van der Waals surface area (Å²) in [6.45, 7) is 6.12. The van der Waals surface area contributed by atoms with Crippen LogP contribution in [0.1, 0.15) is 51.2 Å². The summed E-state index contributed by atoms with van der Waals surface area (Å²) < 4.78 is 11.1. The number of methoxy groups -OCH3 is 1. The van der Waals surface area contributed by atoms with Crippen LogP contribution in [0.15, 0.2) is 35.4 Å². The fourth-order valence-corrected chi connectivity index (χ4v) is 5.10. The molecule has 3 nitrogen and oxygen atoms in total. The molecule has 3 aliphatic carbocycles. The highest BCUT2D eigenvalue weighted by atomic mass is 16.5. The summed E-state index contributed by atoms with van der Waals surface area (Å²) in [5, 5.41) is 0. The maximum atomic E-state index is 11.5. The van der Waals surface area contributed by atoms with Gasteiger partial charge in [0, 0.05) is 18.8 Å². The number of ether oxygens (including phenoxy) is 2. The molecule has 0 amide bonds. The standard InChI is InChI=1S/C22H26O3/c1-13-11-15-12-16(24-4)5-6-17(15)18-9-10-22(3)19(21(13)18)7-8-20(22)25-14(2)23/h5-7,12-13,20H,8-11H2,1-4H3. The van der Waals surface area contributed by atoms with Gasteiger partial charge in [0.1, 0.15) is 11.9 Å². The average Bonchev–Trinajstić information content (AvgIpc) is 2.90. The number of fused-ring (bicyclic) bond motifs is 4. The zero-order chi connectivity index (χ0) is 17.8. The van der Waals surface area contributed by atoms with Gasteiger partial charge in [0.2, 0.25) is 0 Å². The van der Waals surface area contributed by atoms with E-state index in [9.17, 15) is 4.79 Å². The molecule has 3 atom stereocenters. The molecule has 3 heteroatoms. The molecule has 0 radical (unpaired) electrons. The van der Waals surface area contributed by atoms with Gasteiger partial charge in [-0.1, -0.05) is 26.0 Å². The van der Waals surface area contributed by atoms with E-state index in [-0.39, 0.29) is 17.5 Å². The van der Waals surface area contributed by atoms with Crippen LogP contribution in [0.25, 0.3) is 5.57 Å². The first kappa shape index (κ1) is 16.4. The minimum absolute atomic E-state index is 0.0153. The Morgan fingerprint density at radius 3 is 2.84 bits per heavy atom. The maximum Gasteiger partial charge on any atom is 0.302 e. The van der Waals surface area contributed by atoms with E-state index >= 15 is 0 Å². The summed E-state index contributed by atoms with van der Waals surface area (Å²) in [5.74, 6) is 1.25. The molecule has 3 unspecified atom stereocenters. The van der Waals surface area contributed by atoms with Crippen molar-refractivity contribution in [3.8, 4) is 5.75 Å². The summed E-state index contributed by atoms with van der Waals surface area (Å²) in [4.78, 5) is 11.5. The van der Waals surface area contributed by atoms with Crippen molar-refractivity contribution in [2.75, 3.05) is 7.11 Å². The average molecular weight is 338 g/mol. The normalized spacial score (nSPS) is 30.2. The zero-order valence-corrected chi connectivity index (χ0v) is 15.5. The van der Waals surface area contributed by atoms with E-state index < -0.39 is 0 Å². The molecule has 0 spiro atoms. The highest BCUT2D eigenvalue weighted by Gasteiger charge is 2.49. The van der Waals surface area contributed by atoms with Gasteiger partial charge in [-0.05, 0) is 65.2 Å². The number of benzene rings is 1. The van der Waals surface area contributed by atoms with Gasteiger partial charge < -0.3 is 9.47 Å². The number of carbonyl (C=O) groups excluding carboxylic acids is 1. The van der Waals surface area contributed by atoms with Gasteiger partial charge in [-0.25, -0.2) is 0 Å². The lowest BCUT2D eigenvalue weighted by molar-refractivity contribution is -0.150. The van der Waals surface area contributed by atoms with E-state index in [0.29, 0.717) is 5.92 Å². The zero-order valence-electron chi connectivity index (χ0n) is 15.5. The van der Waals surface area contributed by atoms with Crippen LogP contribution < -0.4 is 4.74 Å². The lowest BCUT2D eigenvalue weighted by Gasteiger charge is -2.43. The second kappa shape index (κ2) is 5.76. The third-order valence-electron chi connectivity index (χ3n) is 6.34. The van der Waals surface area contributed by atoms with Crippen molar-refractivity contribution in [1.82, 2.24) is 0 Å². The molecule has 0 N–H and O–H groups in total. The predicted molar refractivity (Wildman–Crippen MR) is 98.4 cm³/mol. The molecule has 0 aliphatic heterocycles. The highest BCUT2D eigenvalue weighted by molar-refractivity contribution is 5.80. The first-order chi connectivity index (χ1) is 11.9. The van der Waals surface area contributed by atoms with E-state index in [0.717, 1.165) is 31.4 Å². The van der Waals surface area contributed by atoms with Gasteiger partial charge in [0.05, 0.1) is 7.11 Å². The van der Waals surface area contributed by atoms with Gasteiger partial charge in [-0.3, -0.25) is 4.79 Å². The molecule has 0 saturated carbocycles. The van der Waals surface area contributed by atoms with E-state index in [2.05, 4.69) is 38.1 Å². The Kier molecular flexibility index (Phi) is 3.78. The molecule has 0 fully saturated rings. The van der Waals surface area contributed by atoms with Crippen molar-refractivity contribution in [3.63, 3.8) is 0 Å². The van der Waals surface area contributed by atoms with E-state index in [1.165, 1.54) is 34.8 Å². The Hall–Kier alpha value is -2.03. The highest BCUT2D eigenvalue weighted by Crippen LogP contribution is 2.57. The molecule has 3 aliphatic rings. The monoisotopic (exact) mass is 338 g/mol. The van der Waals surface area contributed by atoms with Gasteiger partial charge in [-0.2, -0.15) is 0 Å². The summed E-state index contributed by atoms with van der Waals surface area (Å²) in [5.41, 5.74) is 7.15. The fraction of sp³-hybridized carbons (Fsp3) is 0.500. The fourth-order valence-electron chi connectivity index (χ4n) is 5.10. The number of carbonyl (C=O) groups is 1. The van der Waals surface area contributed by atoms with Crippen molar-refractivity contribution in [1.29, 1.82) is 0 Å². The molecular formula is C22H26O3. The number of allylic oxidation sites excluding steroid dienone is 2. The quantitative estimate of drug-likeness (QED) is 0.733. The maximum absolute atomic E-state index is 11.5. The molecule has 0 heterocycles. The summed E-state index contributed by atoms with van der Waals surface area (Å²) >= 11 is 0. The molecular weight excluding hydrogens is 312 g/mol. The van der Waals surface area contributed by atoms with E-state index in [1.54, 1.807) is 7.11 Å². The van der Waals surface area contributed by atoms with Crippen LogP contribution in [0.4, 0.5) is 0 Å². The van der Waals surface area contributed by atoms with Crippen LogP contribution in [0, 0.1) is 11.3 Å². The third-order valence-corrected chi connectivity index (χ3v) is 6.34. The van der Waals surface area contributed by atoms with Crippen molar-refractivity contribution in [2.45, 2.75) is 52.6 Å². The molecule has 132 valence electrons. The molecule has 25 heavy (non-hydrogen) atoms. The molecule has 1 aromatic rings. The lowest BCUT2D eigenvalue weighted by atomic mass is 9.62. The minimum atomic E-state index is -0.171. The minimum Gasteiger partial charge on any atom is -0.497 e. The van der Waals surface area contributed by atoms with Crippen molar-refractivity contribution < 1.29 is 14.3 Å². The van der Waals surface area contributed by atoms with Crippen LogP contribution >= 0.6 is 0 Å². The number of hydrogen-bond donors (Lipinski definition) is 0. The first-order valence-electron chi connectivity index (χ1n) is 9.22. The van der Waals surface area contributed by atoms with Crippen LogP contribution in [0.2, 0.25) is 0 Å². The van der Waals surface area contributed by atoms with Gasteiger partial charge in [0.15, 0.2) is 0 Å². The Bertz CT molecular complexity index is 801. The number of esters is 1. The first-order valence-corrected chi connectivity index (χ1v) is 9.22. The second-order valence-corrected chi connectivity index (χ2v) is 7.89. The van der Waals surface area contributed by atoms with Crippen LogP contribution in [-0.4, -0.2) is 19.2 Å². The molecule has 0 saturated heterocycles. The van der Waals surface area contributed by atoms with Gasteiger partial charge in [-0.15, -0.1) is 0 Å². The molecule has 0 bridgehead atoms. The van der Waals surface area contributed by atoms with Crippen molar-refractivity contribution in [3.05, 3.63) is 46.5 Å². The second-order valence-electron chi connectivity index (χ2n) is 7.89. The lowest BCUT2D eigenvalue weighted by Crippen LogP contribution is -2.37. The Labute approximate surface area is 149 Å². The number of rotatable bonds is 2. The van der Waals surface area contributed by atoms with E-state index in [4.69, 9.17) is 9.47 Å². The van der Waals surface area contributed by atoms with Crippen LogP contribution in [0.5, 0.6) is 5.75 Å². The van der Waals surface area contributed by atoms with E-state index in [1.807, 2.05) is 0 Å². The molecule has 1 aromatic carbocycles. The SMILES string of the molecule is COc1ccc2c(c1)CC(C)C1=C2CCC2(C)C1=CCC2OC(C)=O. The van der Waals surface area contributed by atoms with Crippen molar-refractivity contribution in [2.24, 2.45) is 11.3 Å². The summed E-state index contributed by atoms with van der Waals surface area (Å²) in [7, 11) is 1.73. The molecule has 0 aromatic heterocycles. The predicted octanol–water partition coefficient (Wildman–Crippen LogP) is 4.70. The summed E-state index contributed by atoms with van der Waals surface area (Å²) in [6.07, 6.45) is 6.27. The smallest absolute Gasteiger partial charge is 0.302 e.